The summed E-state index contributed by atoms with van der Waals surface area (Å²) in [5.74, 6) is 0.0508. The number of imidazole rings is 1. The number of nitrogens with one attached hydrogen (secondary N) is 1. The summed E-state index contributed by atoms with van der Waals surface area (Å²) in [5.41, 5.74) is 2.16. The van der Waals surface area contributed by atoms with E-state index in [1.54, 1.807) is 29.7 Å². The highest BCUT2D eigenvalue weighted by Gasteiger charge is 2.09. The molecular formula is C10H12BrN3O2S. The van der Waals surface area contributed by atoms with Crippen LogP contribution in [0.15, 0.2) is 22.9 Å². The maximum atomic E-state index is 11.4. The van der Waals surface area contributed by atoms with Crippen LogP contribution in [-0.4, -0.2) is 23.6 Å². The zero-order chi connectivity index (χ0) is 12.6. The van der Waals surface area contributed by atoms with Crippen LogP contribution in [0, 0.1) is 6.92 Å². The predicted octanol–water partition coefficient (Wildman–Crippen LogP) is 2.17. The van der Waals surface area contributed by atoms with Crippen molar-refractivity contribution in [2.24, 2.45) is 0 Å². The maximum Gasteiger partial charge on any atom is 0.232 e. The lowest BCUT2D eigenvalue weighted by Gasteiger charge is -2.06. The molecule has 5 nitrogen and oxygen atoms in total. The molecule has 0 spiro atoms. The SMILES string of the molecule is CCS(=O)(=O)Nc1ccc2nc(C)c(Br)n2c1. The number of hydrogen-bond donors (Lipinski definition) is 1. The zero-order valence-corrected chi connectivity index (χ0v) is 11.8. The lowest BCUT2D eigenvalue weighted by molar-refractivity contribution is 0.602. The van der Waals surface area contributed by atoms with Crippen molar-refractivity contribution in [2.75, 3.05) is 10.5 Å². The minimum Gasteiger partial charge on any atom is -0.292 e. The average molecular weight is 318 g/mol. The third-order valence-electron chi connectivity index (χ3n) is 2.37. The van der Waals surface area contributed by atoms with E-state index in [4.69, 9.17) is 0 Å². The molecule has 1 N–H and O–H groups in total. The van der Waals surface area contributed by atoms with Crippen molar-refractivity contribution < 1.29 is 8.42 Å². The third-order valence-corrected chi connectivity index (χ3v) is 4.64. The highest BCUT2D eigenvalue weighted by atomic mass is 79.9. The van der Waals surface area contributed by atoms with Gasteiger partial charge in [-0.05, 0) is 41.9 Å². The van der Waals surface area contributed by atoms with E-state index in [1.165, 1.54) is 0 Å². The molecule has 0 aromatic carbocycles. The standard InChI is InChI=1S/C10H12BrN3O2S/c1-3-17(15,16)13-8-4-5-9-12-7(2)10(11)14(9)6-8/h4-6,13H,3H2,1-2H3. The van der Waals surface area contributed by atoms with Gasteiger partial charge >= 0.3 is 0 Å². The van der Waals surface area contributed by atoms with Crippen molar-refractivity contribution in [1.29, 1.82) is 0 Å². The second kappa shape index (κ2) is 4.30. The Morgan fingerprint density at radius 2 is 2.18 bits per heavy atom. The molecule has 0 radical (unpaired) electrons. The molecule has 7 heteroatoms. The van der Waals surface area contributed by atoms with Crippen LogP contribution in [0.1, 0.15) is 12.6 Å². The number of halogens is 1. The van der Waals surface area contributed by atoms with Crippen LogP contribution in [0.3, 0.4) is 0 Å². The Labute approximate surface area is 108 Å². The number of aryl methyl sites for hydroxylation is 1. The smallest absolute Gasteiger partial charge is 0.232 e. The first-order valence-electron chi connectivity index (χ1n) is 5.07. The number of hydrogen-bond acceptors (Lipinski definition) is 3. The predicted molar refractivity (Wildman–Crippen MR) is 70.7 cm³/mol. The van der Waals surface area contributed by atoms with Crippen molar-refractivity contribution in [3.8, 4) is 0 Å². The van der Waals surface area contributed by atoms with Gasteiger partial charge in [-0.25, -0.2) is 13.4 Å². The number of sulfonamides is 1. The Balaban J connectivity index is 2.48. The van der Waals surface area contributed by atoms with E-state index in [0.717, 1.165) is 15.9 Å². The summed E-state index contributed by atoms with van der Waals surface area (Å²) in [4.78, 5) is 4.31. The topological polar surface area (TPSA) is 63.5 Å². The van der Waals surface area contributed by atoms with E-state index in [-0.39, 0.29) is 5.75 Å². The van der Waals surface area contributed by atoms with Gasteiger partial charge in [0.2, 0.25) is 10.0 Å². The number of aromatic nitrogens is 2. The molecule has 0 saturated carbocycles. The van der Waals surface area contributed by atoms with Gasteiger partial charge in [0.05, 0.1) is 17.1 Å². The van der Waals surface area contributed by atoms with Crippen LogP contribution in [0.5, 0.6) is 0 Å². The Morgan fingerprint density at radius 3 is 2.82 bits per heavy atom. The van der Waals surface area contributed by atoms with Crippen LogP contribution >= 0.6 is 15.9 Å². The molecule has 0 amide bonds. The fourth-order valence-corrected chi connectivity index (χ4v) is 2.44. The second-order valence-electron chi connectivity index (χ2n) is 3.64. The molecule has 2 aromatic heterocycles. The van der Waals surface area contributed by atoms with Gasteiger partial charge in [-0.2, -0.15) is 0 Å². The minimum atomic E-state index is -3.25. The van der Waals surface area contributed by atoms with Gasteiger partial charge in [-0.3, -0.25) is 9.12 Å². The van der Waals surface area contributed by atoms with Gasteiger partial charge in [0.15, 0.2) is 0 Å². The largest absolute Gasteiger partial charge is 0.292 e. The van der Waals surface area contributed by atoms with Crippen LogP contribution in [0.2, 0.25) is 0 Å². The average Bonchev–Trinajstić information content (AvgIpc) is 2.55. The first-order valence-corrected chi connectivity index (χ1v) is 7.52. The van der Waals surface area contributed by atoms with Crippen molar-refractivity contribution in [1.82, 2.24) is 9.38 Å². The highest BCUT2D eigenvalue weighted by molar-refractivity contribution is 9.10. The van der Waals surface area contributed by atoms with E-state index >= 15 is 0 Å². The number of fused-ring (bicyclic) bond motifs is 1. The van der Waals surface area contributed by atoms with Gasteiger partial charge in [0.25, 0.3) is 0 Å². The van der Waals surface area contributed by atoms with E-state index in [2.05, 4.69) is 25.6 Å². The van der Waals surface area contributed by atoms with Crippen molar-refractivity contribution in [3.05, 3.63) is 28.6 Å². The molecule has 0 fully saturated rings. The molecule has 0 unspecified atom stereocenters. The molecule has 0 bridgehead atoms. The first kappa shape index (κ1) is 12.4. The minimum absolute atomic E-state index is 0.0508. The van der Waals surface area contributed by atoms with Crippen LogP contribution in [-0.2, 0) is 10.0 Å². The Bertz CT molecular complexity index is 663. The maximum absolute atomic E-state index is 11.4. The number of anilines is 1. The van der Waals surface area contributed by atoms with E-state index in [9.17, 15) is 8.42 Å². The monoisotopic (exact) mass is 317 g/mol. The van der Waals surface area contributed by atoms with Gasteiger partial charge in [0.1, 0.15) is 10.3 Å². The fourth-order valence-electron chi connectivity index (χ4n) is 1.45. The van der Waals surface area contributed by atoms with E-state index < -0.39 is 10.0 Å². The van der Waals surface area contributed by atoms with Gasteiger partial charge in [0, 0.05) is 6.20 Å². The van der Waals surface area contributed by atoms with Gasteiger partial charge < -0.3 is 0 Å². The summed E-state index contributed by atoms with van der Waals surface area (Å²) >= 11 is 3.40. The van der Waals surface area contributed by atoms with Gasteiger partial charge in [-0.15, -0.1) is 0 Å². The van der Waals surface area contributed by atoms with Crippen LogP contribution in [0.25, 0.3) is 5.65 Å². The molecule has 92 valence electrons. The normalized spacial score (nSPS) is 11.9. The van der Waals surface area contributed by atoms with Crippen molar-refractivity contribution >= 4 is 37.3 Å². The summed E-state index contributed by atoms with van der Waals surface area (Å²) in [5, 5.41) is 0. The summed E-state index contributed by atoms with van der Waals surface area (Å²) in [6, 6.07) is 3.46. The zero-order valence-electron chi connectivity index (χ0n) is 9.44. The molecule has 2 aromatic rings. The molecule has 0 saturated heterocycles. The summed E-state index contributed by atoms with van der Waals surface area (Å²) in [6.45, 7) is 3.48. The first-order chi connectivity index (χ1) is 7.93. The van der Waals surface area contributed by atoms with Crippen molar-refractivity contribution in [2.45, 2.75) is 13.8 Å². The Morgan fingerprint density at radius 1 is 1.47 bits per heavy atom. The Hall–Kier alpha value is -1.08. The molecular weight excluding hydrogens is 306 g/mol. The molecule has 2 heterocycles. The summed E-state index contributed by atoms with van der Waals surface area (Å²) in [6.07, 6.45) is 1.70. The van der Waals surface area contributed by atoms with E-state index in [1.807, 2.05) is 6.92 Å². The third kappa shape index (κ3) is 2.44. The summed E-state index contributed by atoms with van der Waals surface area (Å²) in [7, 11) is -3.25. The molecule has 17 heavy (non-hydrogen) atoms. The van der Waals surface area contributed by atoms with Gasteiger partial charge in [-0.1, -0.05) is 0 Å². The van der Waals surface area contributed by atoms with Crippen LogP contribution < -0.4 is 4.72 Å². The molecule has 2 rings (SSSR count). The molecule has 0 aliphatic carbocycles. The second-order valence-corrected chi connectivity index (χ2v) is 6.40. The van der Waals surface area contributed by atoms with Crippen molar-refractivity contribution in [3.63, 3.8) is 0 Å². The highest BCUT2D eigenvalue weighted by Crippen LogP contribution is 2.20. The Kier molecular flexibility index (Phi) is 3.13. The fraction of sp³-hybridized carbons (Fsp3) is 0.300. The quantitative estimate of drug-likeness (QED) is 0.943. The molecule has 0 aliphatic rings. The lowest BCUT2D eigenvalue weighted by Crippen LogP contribution is -2.14. The number of pyridine rings is 1. The summed E-state index contributed by atoms with van der Waals surface area (Å²) < 4.78 is 28.0. The molecule has 0 atom stereocenters. The van der Waals surface area contributed by atoms with Crippen LogP contribution in [0.4, 0.5) is 5.69 Å². The van der Waals surface area contributed by atoms with E-state index in [0.29, 0.717) is 5.69 Å². The lowest BCUT2D eigenvalue weighted by atomic mass is 10.4. The number of nitrogens with zero attached hydrogens (tertiary/aromatic N) is 2. The number of rotatable bonds is 3. The molecule has 0 aliphatic heterocycles.